The highest BCUT2D eigenvalue weighted by molar-refractivity contribution is 7.90. The maximum Gasteiger partial charge on any atom is 0.333 e. The van der Waals surface area contributed by atoms with E-state index in [-0.39, 0.29) is 35.1 Å². The predicted octanol–water partition coefficient (Wildman–Crippen LogP) is 3.61. The zero-order chi connectivity index (χ0) is 24.5. The molecule has 2 aromatic rings. The first kappa shape index (κ1) is 25.0. The summed E-state index contributed by atoms with van der Waals surface area (Å²) in [6.45, 7) is 12.0. The molecule has 1 aliphatic rings. The fourth-order valence-electron chi connectivity index (χ4n) is 3.86. The van der Waals surface area contributed by atoms with Gasteiger partial charge in [-0.3, -0.25) is 4.68 Å². The van der Waals surface area contributed by atoms with Gasteiger partial charge in [-0.1, -0.05) is 34.6 Å². The largest absolute Gasteiger partial charge is 0.476 e. The Morgan fingerprint density at radius 1 is 1.27 bits per heavy atom. The van der Waals surface area contributed by atoms with Crippen LogP contribution >= 0.6 is 0 Å². The van der Waals surface area contributed by atoms with Crippen molar-refractivity contribution in [2.45, 2.75) is 84.0 Å². The first-order valence-electron chi connectivity index (χ1n) is 11.2. The molecule has 12 heteroatoms. The number of ether oxygens (including phenoxy) is 1. The zero-order valence-corrected chi connectivity index (χ0v) is 20.7. The van der Waals surface area contributed by atoms with Crippen LogP contribution in [0, 0.1) is 5.92 Å². The topological polar surface area (TPSA) is 120 Å². The molecule has 0 aromatic carbocycles. The number of anilines is 1. The van der Waals surface area contributed by atoms with Gasteiger partial charge in [-0.2, -0.15) is 10.2 Å². The highest BCUT2D eigenvalue weighted by Gasteiger charge is 2.31. The Labute approximate surface area is 193 Å². The minimum atomic E-state index is -4.24. The number of fused-ring (bicyclic) bond motifs is 1. The fraction of sp³-hybridized carbons (Fsp3) is 0.667. The minimum absolute atomic E-state index is 0.0352. The number of nitrogens with one attached hydrogen (secondary N) is 2. The van der Waals surface area contributed by atoms with E-state index in [2.05, 4.69) is 15.5 Å². The molecular formula is C21H33FN6O4S. The van der Waals surface area contributed by atoms with Crippen LogP contribution in [0.2, 0.25) is 0 Å². The normalized spacial score (nSPS) is 17.1. The van der Waals surface area contributed by atoms with E-state index in [1.165, 1.54) is 17.8 Å². The fourth-order valence-corrected chi connectivity index (χ4v) is 4.85. The number of alkyl halides is 1. The molecule has 0 aliphatic carbocycles. The molecule has 0 fully saturated rings. The average Bonchev–Trinajstić information content (AvgIpc) is 3.28. The molecule has 0 saturated carbocycles. The van der Waals surface area contributed by atoms with E-state index in [1.54, 1.807) is 4.68 Å². The van der Waals surface area contributed by atoms with Crippen molar-refractivity contribution in [3.63, 3.8) is 0 Å². The number of carbonyl (C=O) groups is 1. The third-order valence-electron chi connectivity index (χ3n) is 5.52. The summed E-state index contributed by atoms with van der Waals surface area (Å²) in [5, 5.41) is 11.3. The second kappa shape index (κ2) is 9.70. The first-order valence-corrected chi connectivity index (χ1v) is 12.7. The summed E-state index contributed by atoms with van der Waals surface area (Å²) in [6.07, 6.45) is 0.932. The number of hydrogen-bond acceptors (Lipinski definition) is 6. The van der Waals surface area contributed by atoms with Crippen LogP contribution in [0.5, 0.6) is 5.88 Å². The third-order valence-corrected chi connectivity index (χ3v) is 6.83. The molecule has 0 spiro atoms. The predicted molar refractivity (Wildman–Crippen MR) is 122 cm³/mol. The number of carbonyl (C=O) groups excluding carboxylic acids is 1. The highest BCUT2D eigenvalue weighted by Crippen LogP contribution is 2.33. The Kier molecular flexibility index (Phi) is 7.35. The van der Waals surface area contributed by atoms with Gasteiger partial charge < -0.3 is 10.1 Å². The van der Waals surface area contributed by atoms with Gasteiger partial charge in [-0.25, -0.2) is 27.0 Å². The van der Waals surface area contributed by atoms with Crippen molar-refractivity contribution in [3.05, 3.63) is 17.6 Å². The number of rotatable bonds is 8. The lowest BCUT2D eigenvalue weighted by Gasteiger charge is -2.23. The van der Waals surface area contributed by atoms with Gasteiger partial charge in [0.1, 0.15) is 6.17 Å². The number of urea groups is 1. The summed E-state index contributed by atoms with van der Waals surface area (Å²) < 4.78 is 50.3. The van der Waals surface area contributed by atoms with Gasteiger partial charge in [-0.15, -0.1) is 0 Å². The maximum absolute atomic E-state index is 13.7. The van der Waals surface area contributed by atoms with Crippen molar-refractivity contribution in [3.8, 4) is 5.88 Å². The number of hydrogen-bond donors (Lipinski definition) is 2. The molecular weight excluding hydrogens is 451 g/mol. The molecule has 3 heterocycles. The smallest absolute Gasteiger partial charge is 0.333 e. The molecule has 10 nitrogen and oxygen atoms in total. The van der Waals surface area contributed by atoms with Crippen LogP contribution in [0.25, 0.3) is 0 Å². The van der Waals surface area contributed by atoms with E-state index in [9.17, 15) is 17.6 Å². The first-order chi connectivity index (χ1) is 15.4. The Hall–Kier alpha value is -2.63. The highest BCUT2D eigenvalue weighted by atomic mass is 32.2. The number of amides is 2. The molecule has 184 valence electrons. The van der Waals surface area contributed by atoms with Gasteiger partial charge in [0.15, 0.2) is 4.90 Å². The SMILES string of the molecule is CCC1COc2c(S(=O)(=O)NC(=O)Nc3c(C(C)C)nn(CC(C)F)c3C(C)C)cnn2C1. The molecule has 0 radical (unpaired) electrons. The van der Waals surface area contributed by atoms with E-state index in [0.29, 0.717) is 30.2 Å². The number of sulfonamides is 1. The van der Waals surface area contributed by atoms with Gasteiger partial charge in [0.25, 0.3) is 10.0 Å². The maximum atomic E-state index is 13.7. The van der Waals surface area contributed by atoms with Crippen molar-refractivity contribution >= 4 is 21.7 Å². The Balaban J connectivity index is 1.86. The van der Waals surface area contributed by atoms with Crippen molar-refractivity contribution in [2.24, 2.45) is 5.92 Å². The Bertz CT molecular complexity index is 1110. The summed E-state index contributed by atoms with van der Waals surface area (Å²) in [4.78, 5) is 12.6. The zero-order valence-electron chi connectivity index (χ0n) is 19.9. The van der Waals surface area contributed by atoms with Crippen LogP contribution in [-0.4, -0.2) is 46.8 Å². The van der Waals surface area contributed by atoms with E-state index in [1.807, 2.05) is 39.3 Å². The van der Waals surface area contributed by atoms with Crippen LogP contribution in [0.15, 0.2) is 11.1 Å². The Morgan fingerprint density at radius 3 is 2.55 bits per heavy atom. The van der Waals surface area contributed by atoms with Crippen molar-refractivity contribution < 1.29 is 22.3 Å². The molecule has 2 unspecified atom stereocenters. The van der Waals surface area contributed by atoms with Crippen LogP contribution in [0.1, 0.15) is 71.2 Å². The van der Waals surface area contributed by atoms with Crippen LogP contribution in [-0.2, 0) is 23.1 Å². The van der Waals surface area contributed by atoms with Gasteiger partial charge in [-0.05, 0) is 25.2 Å². The third kappa shape index (κ3) is 5.31. The number of aromatic nitrogens is 4. The molecule has 2 aromatic heterocycles. The lowest BCUT2D eigenvalue weighted by atomic mass is 10.0. The summed E-state index contributed by atoms with van der Waals surface area (Å²) in [7, 11) is -4.24. The molecule has 3 rings (SSSR count). The lowest BCUT2D eigenvalue weighted by molar-refractivity contribution is 0.157. The molecule has 2 atom stereocenters. The van der Waals surface area contributed by atoms with Crippen molar-refractivity contribution in [1.29, 1.82) is 0 Å². The monoisotopic (exact) mass is 484 g/mol. The van der Waals surface area contributed by atoms with Crippen LogP contribution in [0.4, 0.5) is 14.9 Å². The Morgan fingerprint density at radius 2 is 1.97 bits per heavy atom. The molecule has 0 saturated heterocycles. The molecule has 33 heavy (non-hydrogen) atoms. The average molecular weight is 485 g/mol. The van der Waals surface area contributed by atoms with Gasteiger partial charge in [0.05, 0.1) is 43.0 Å². The molecule has 1 aliphatic heterocycles. The molecule has 0 bridgehead atoms. The van der Waals surface area contributed by atoms with Crippen molar-refractivity contribution in [2.75, 3.05) is 11.9 Å². The van der Waals surface area contributed by atoms with Crippen molar-refractivity contribution in [1.82, 2.24) is 24.3 Å². The van der Waals surface area contributed by atoms with E-state index < -0.39 is 22.2 Å². The second-order valence-corrected chi connectivity index (χ2v) is 10.7. The number of halogens is 1. The van der Waals surface area contributed by atoms with Crippen LogP contribution < -0.4 is 14.8 Å². The second-order valence-electron chi connectivity index (χ2n) is 9.06. The lowest BCUT2D eigenvalue weighted by Crippen LogP contribution is -2.35. The summed E-state index contributed by atoms with van der Waals surface area (Å²) in [5.41, 5.74) is 1.59. The van der Waals surface area contributed by atoms with E-state index in [4.69, 9.17) is 4.74 Å². The summed E-state index contributed by atoms with van der Waals surface area (Å²) in [5.74, 6) is 0.207. The minimum Gasteiger partial charge on any atom is -0.476 e. The standard InChI is InChI=1S/C21H33FN6O4S/c1-7-15-10-28-20(32-11-15)16(8-23-28)33(30,31)26-21(29)24-18-17(12(2)3)25-27(9-14(6)22)19(18)13(4)5/h8,12-15H,7,9-11H2,1-6H3,(H2,24,26,29). The molecule has 2 amide bonds. The molecule has 2 N–H and O–H groups in total. The summed E-state index contributed by atoms with van der Waals surface area (Å²) in [6, 6.07) is -0.936. The van der Waals surface area contributed by atoms with Gasteiger partial charge in [0.2, 0.25) is 5.88 Å². The van der Waals surface area contributed by atoms with Crippen LogP contribution in [0.3, 0.4) is 0 Å². The van der Waals surface area contributed by atoms with Gasteiger partial charge in [0, 0.05) is 5.92 Å². The van der Waals surface area contributed by atoms with E-state index >= 15 is 0 Å². The summed E-state index contributed by atoms with van der Waals surface area (Å²) >= 11 is 0. The number of nitrogens with zero attached hydrogens (tertiary/aromatic N) is 4. The quantitative estimate of drug-likeness (QED) is 0.591. The van der Waals surface area contributed by atoms with Gasteiger partial charge >= 0.3 is 6.03 Å². The van der Waals surface area contributed by atoms with E-state index in [0.717, 1.165) is 6.42 Å².